The fourth-order valence-corrected chi connectivity index (χ4v) is 2.28. The van der Waals surface area contributed by atoms with E-state index >= 15 is 0 Å². The Labute approximate surface area is 129 Å². The van der Waals surface area contributed by atoms with Crippen LogP contribution in [0.2, 0.25) is 0 Å². The van der Waals surface area contributed by atoms with Crippen molar-refractivity contribution < 1.29 is 23.0 Å². The predicted octanol–water partition coefficient (Wildman–Crippen LogP) is 1.81. The van der Waals surface area contributed by atoms with E-state index in [9.17, 15) is 18.3 Å². The first-order valence-corrected chi connectivity index (χ1v) is 7.78. The van der Waals surface area contributed by atoms with Crippen LogP contribution in [0.1, 0.15) is 39.0 Å². The van der Waals surface area contributed by atoms with Crippen molar-refractivity contribution in [2.75, 3.05) is 26.3 Å². The van der Waals surface area contributed by atoms with Gasteiger partial charge < -0.3 is 20.5 Å². The lowest BCUT2D eigenvalue weighted by molar-refractivity contribution is -0.173. The van der Waals surface area contributed by atoms with Gasteiger partial charge in [-0.25, -0.2) is 0 Å². The van der Waals surface area contributed by atoms with Gasteiger partial charge in [0.05, 0.1) is 6.10 Å². The molecule has 8 heteroatoms. The van der Waals surface area contributed by atoms with E-state index in [2.05, 4.69) is 20.4 Å². The van der Waals surface area contributed by atoms with Gasteiger partial charge >= 0.3 is 6.18 Å². The van der Waals surface area contributed by atoms with E-state index in [1.54, 1.807) is 0 Å². The second kappa shape index (κ2) is 9.89. The zero-order valence-corrected chi connectivity index (χ0v) is 13.0. The number of nitrogens with zero attached hydrogens (tertiary/aromatic N) is 1. The maximum absolute atomic E-state index is 11.9. The normalized spacial score (nSPS) is 23.4. The molecule has 130 valence electrons. The topological polar surface area (TPSA) is 65.9 Å². The number of alkyl halides is 3. The van der Waals surface area contributed by atoms with Crippen molar-refractivity contribution in [3.63, 3.8) is 0 Å². The summed E-state index contributed by atoms with van der Waals surface area (Å²) in [5, 5.41) is 15.9. The van der Waals surface area contributed by atoms with Crippen LogP contribution < -0.4 is 10.6 Å². The minimum Gasteiger partial charge on any atom is -0.393 e. The van der Waals surface area contributed by atoms with Gasteiger partial charge in [0.1, 0.15) is 6.61 Å². The number of aliphatic hydroxyl groups excluding tert-OH is 1. The predicted molar refractivity (Wildman–Crippen MR) is 78.9 cm³/mol. The molecular weight excluding hydrogens is 299 g/mol. The first-order chi connectivity index (χ1) is 10.4. The third kappa shape index (κ3) is 9.09. The number of ether oxygens (including phenoxy) is 1. The lowest BCUT2D eigenvalue weighted by Crippen LogP contribution is -2.45. The minimum atomic E-state index is -4.27. The van der Waals surface area contributed by atoms with Gasteiger partial charge in [0.25, 0.3) is 0 Å². The Hall–Kier alpha value is -1.02. The average molecular weight is 325 g/mol. The molecule has 1 aliphatic rings. The molecule has 0 aliphatic heterocycles. The lowest BCUT2D eigenvalue weighted by atomic mass is 9.93. The van der Waals surface area contributed by atoms with Crippen LogP contribution in [0.15, 0.2) is 4.99 Å². The molecule has 5 nitrogen and oxygen atoms in total. The number of aliphatic imine (C=N–C) groups is 1. The summed E-state index contributed by atoms with van der Waals surface area (Å²) in [5.41, 5.74) is 0. The van der Waals surface area contributed by atoms with Crippen LogP contribution in [0.4, 0.5) is 13.2 Å². The van der Waals surface area contributed by atoms with Crippen LogP contribution >= 0.6 is 0 Å². The molecule has 0 unspecified atom stereocenters. The SMILES string of the molecule is CCNC(=NCCCOCC(F)(F)F)NC1CCC(O)CC1. The minimum absolute atomic E-state index is 0.0397. The number of halogens is 3. The molecule has 22 heavy (non-hydrogen) atoms. The van der Waals surface area contributed by atoms with Crippen molar-refractivity contribution in [2.45, 2.75) is 57.3 Å². The number of nitrogens with one attached hydrogen (secondary N) is 2. The largest absolute Gasteiger partial charge is 0.411 e. The van der Waals surface area contributed by atoms with Gasteiger partial charge in [-0.05, 0) is 39.0 Å². The molecule has 0 atom stereocenters. The van der Waals surface area contributed by atoms with E-state index in [0.29, 0.717) is 25.5 Å². The molecule has 0 saturated heterocycles. The molecule has 3 N–H and O–H groups in total. The number of hydrogen-bond acceptors (Lipinski definition) is 3. The molecule has 0 heterocycles. The smallest absolute Gasteiger partial charge is 0.393 e. The third-order valence-corrected chi connectivity index (χ3v) is 3.36. The molecular formula is C14H26F3N3O2. The highest BCUT2D eigenvalue weighted by Gasteiger charge is 2.27. The van der Waals surface area contributed by atoms with E-state index in [1.165, 1.54) is 0 Å². The number of rotatable bonds is 7. The Kier molecular flexibility index (Phi) is 8.55. The first kappa shape index (κ1) is 19.0. The van der Waals surface area contributed by atoms with E-state index in [0.717, 1.165) is 25.7 Å². The van der Waals surface area contributed by atoms with Crippen molar-refractivity contribution in [3.05, 3.63) is 0 Å². The first-order valence-electron chi connectivity index (χ1n) is 7.78. The Bertz CT molecular complexity index is 330. The van der Waals surface area contributed by atoms with Crippen molar-refractivity contribution in [1.82, 2.24) is 10.6 Å². The summed E-state index contributed by atoms with van der Waals surface area (Å²) in [6, 6.07) is 0.280. The van der Waals surface area contributed by atoms with Crippen molar-refractivity contribution in [2.24, 2.45) is 4.99 Å². The molecule has 0 aromatic carbocycles. The molecule has 0 aromatic rings. The van der Waals surface area contributed by atoms with Crippen LogP contribution in [-0.2, 0) is 4.74 Å². The van der Waals surface area contributed by atoms with Gasteiger partial charge in [0.15, 0.2) is 5.96 Å². The van der Waals surface area contributed by atoms with E-state index < -0.39 is 12.8 Å². The summed E-state index contributed by atoms with van der Waals surface area (Å²) in [6.07, 6.45) is -0.699. The highest BCUT2D eigenvalue weighted by atomic mass is 19.4. The molecule has 1 fully saturated rings. The van der Waals surface area contributed by atoms with Crippen LogP contribution in [0.3, 0.4) is 0 Å². The summed E-state index contributed by atoms with van der Waals surface area (Å²) < 4.78 is 40.2. The van der Waals surface area contributed by atoms with Crippen molar-refractivity contribution in [3.8, 4) is 0 Å². The maximum Gasteiger partial charge on any atom is 0.411 e. The molecule has 0 aromatic heterocycles. The van der Waals surface area contributed by atoms with E-state index in [1.807, 2.05) is 6.92 Å². The summed E-state index contributed by atoms with van der Waals surface area (Å²) in [6.45, 7) is 1.90. The highest BCUT2D eigenvalue weighted by Crippen LogP contribution is 2.18. The zero-order chi connectivity index (χ0) is 16.4. The molecule has 0 radical (unpaired) electrons. The van der Waals surface area contributed by atoms with Gasteiger partial charge in [-0.3, -0.25) is 4.99 Å². The van der Waals surface area contributed by atoms with Crippen LogP contribution in [0, 0.1) is 0 Å². The van der Waals surface area contributed by atoms with Crippen LogP contribution in [-0.4, -0.2) is 55.7 Å². The summed E-state index contributed by atoms with van der Waals surface area (Å²) in [4.78, 5) is 4.33. The van der Waals surface area contributed by atoms with Gasteiger partial charge in [-0.15, -0.1) is 0 Å². The van der Waals surface area contributed by atoms with E-state index in [4.69, 9.17) is 0 Å². The standard InChI is InChI=1S/C14H26F3N3O2/c1-2-18-13(20-11-4-6-12(21)7-5-11)19-8-3-9-22-10-14(15,16)17/h11-12,21H,2-10H2,1H3,(H2,18,19,20). The average Bonchev–Trinajstić information content (AvgIpc) is 2.44. The summed E-state index contributed by atoms with van der Waals surface area (Å²) in [7, 11) is 0. The maximum atomic E-state index is 11.9. The van der Waals surface area contributed by atoms with Crippen LogP contribution in [0.5, 0.6) is 0 Å². The van der Waals surface area contributed by atoms with Crippen LogP contribution in [0.25, 0.3) is 0 Å². The molecule has 1 aliphatic carbocycles. The second-order valence-corrected chi connectivity index (χ2v) is 5.43. The molecule has 1 rings (SSSR count). The highest BCUT2D eigenvalue weighted by molar-refractivity contribution is 5.80. The summed E-state index contributed by atoms with van der Waals surface area (Å²) >= 11 is 0. The van der Waals surface area contributed by atoms with E-state index in [-0.39, 0.29) is 18.8 Å². The van der Waals surface area contributed by atoms with Gasteiger partial charge in [-0.2, -0.15) is 13.2 Å². The lowest BCUT2D eigenvalue weighted by Gasteiger charge is -2.27. The molecule has 0 bridgehead atoms. The van der Waals surface area contributed by atoms with Gasteiger partial charge in [-0.1, -0.05) is 0 Å². The quantitative estimate of drug-likeness (QED) is 0.379. The Morgan fingerprint density at radius 2 is 1.95 bits per heavy atom. The molecule has 0 spiro atoms. The molecule has 1 saturated carbocycles. The number of hydrogen-bond donors (Lipinski definition) is 3. The fraction of sp³-hybridized carbons (Fsp3) is 0.929. The Balaban J connectivity index is 2.24. The number of aliphatic hydroxyl groups is 1. The monoisotopic (exact) mass is 325 g/mol. The molecule has 0 amide bonds. The van der Waals surface area contributed by atoms with Crippen molar-refractivity contribution >= 4 is 5.96 Å². The second-order valence-electron chi connectivity index (χ2n) is 5.43. The Morgan fingerprint density at radius 3 is 2.55 bits per heavy atom. The van der Waals surface area contributed by atoms with Gasteiger partial charge in [0.2, 0.25) is 0 Å². The van der Waals surface area contributed by atoms with Crippen molar-refractivity contribution in [1.29, 1.82) is 0 Å². The summed E-state index contributed by atoms with van der Waals surface area (Å²) in [5.74, 6) is 0.666. The Morgan fingerprint density at radius 1 is 1.27 bits per heavy atom. The number of guanidine groups is 1. The zero-order valence-electron chi connectivity index (χ0n) is 13.0. The third-order valence-electron chi connectivity index (χ3n) is 3.36. The fourth-order valence-electron chi connectivity index (χ4n) is 2.28. The van der Waals surface area contributed by atoms with Gasteiger partial charge in [0, 0.05) is 25.7 Å².